The molecule has 0 aliphatic heterocycles. The van der Waals surface area contributed by atoms with Crippen molar-refractivity contribution < 1.29 is 28.0 Å². The number of benzene rings is 1. The van der Waals surface area contributed by atoms with Gasteiger partial charge in [0.15, 0.2) is 17.5 Å². The smallest absolute Gasteiger partial charge is 0.423 e. The second-order valence-electron chi connectivity index (χ2n) is 5.34. The van der Waals surface area contributed by atoms with Gasteiger partial charge in [-0.25, -0.2) is 13.2 Å². The van der Waals surface area contributed by atoms with E-state index in [9.17, 15) is 23.3 Å². The van der Waals surface area contributed by atoms with Crippen molar-refractivity contribution in [3.05, 3.63) is 29.6 Å². The largest absolute Gasteiger partial charge is 0.491 e. The minimum absolute atomic E-state index is 0.270. The first kappa shape index (κ1) is 16.0. The Kier molecular flexibility index (Phi) is 4.34. The number of hydrogen-bond acceptors (Lipinski definition) is 3. The first-order valence-corrected chi connectivity index (χ1v) is 5.68. The van der Waals surface area contributed by atoms with Gasteiger partial charge < -0.3 is 14.8 Å². The van der Waals surface area contributed by atoms with E-state index >= 15 is 0 Å². The summed E-state index contributed by atoms with van der Waals surface area (Å²) in [6, 6.07) is 1.28. The maximum Gasteiger partial charge on any atom is 0.491 e. The Morgan fingerprint density at radius 3 is 1.84 bits per heavy atom. The quantitative estimate of drug-likeness (QED) is 0.645. The van der Waals surface area contributed by atoms with Crippen LogP contribution >= 0.6 is 0 Å². The first-order valence-electron chi connectivity index (χ1n) is 5.68. The minimum Gasteiger partial charge on any atom is -0.423 e. The number of halogens is 3. The molecule has 3 nitrogen and oxygen atoms in total. The fraction of sp³-hybridized carbons (Fsp3) is 0.500. The molecule has 1 rings (SSSR count). The molecule has 1 aromatic rings. The van der Waals surface area contributed by atoms with Gasteiger partial charge >= 0.3 is 7.12 Å². The van der Waals surface area contributed by atoms with E-state index < -0.39 is 35.8 Å². The molecule has 0 fully saturated rings. The van der Waals surface area contributed by atoms with Crippen LogP contribution in [0.2, 0.25) is 0 Å². The van der Waals surface area contributed by atoms with Crippen molar-refractivity contribution in [2.75, 3.05) is 0 Å². The first-order chi connectivity index (χ1) is 8.45. The van der Waals surface area contributed by atoms with Gasteiger partial charge in [-0.2, -0.15) is 0 Å². The lowest BCUT2D eigenvalue weighted by Gasteiger charge is -2.38. The number of rotatable bonds is 4. The molecule has 1 aromatic carbocycles. The van der Waals surface area contributed by atoms with Crippen molar-refractivity contribution in [3.63, 3.8) is 0 Å². The second kappa shape index (κ2) is 5.15. The van der Waals surface area contributed by atoms with Gasteiger partial charge in [0.25, 0.3) is 0 Å². The standard InChI is InChI=1S/C12H16BF3O3/c1-11(2,17)12(3,4)19-13(18)7-5-8(14)10(16)9(15)6-7/h5-6,17-18H,1-4H3. The Bertz CT molecular complexity index is 449. The van der Waals surface area contributed by atoms with Crippen molar-refractivity contribution in [1.29, 1.82) is 0 Å². The maximum atomic E-state index is 13.0. The molecule has 7 heteroatoms. The van der Waals surface area contributed by atoms with Gasteiger partial charge in [0.1, 0.15) is 0 Å². The van der Waals surface area contributed by atoms with Gasteiger partial charge in [0, 0.05) is 0 Å². The molecule has 2 N–H and O–H groups in total. The lowest BCUT2D eigenvalue weighted by atomic mass is 9.76. The molecule has 0 bridgehead atoms. The Balaban J connectivity index is 3.00. The van der Waals surface area contributed by atoms with Crippen molar-refractivity contribution in [1.82, 2.24) is 0 Å². The monoisotopic (exact) mass is 276 g/mol. The van der Waals surface area contributed by atoms with Crippen LogP contribution in [0, 0.1) is 17.5 Å². The summed E-state index contributed by atoms with van der Waals surface area (Å²) in [7, 11) is -1.69. The summed E-state index contributed by atoms with van der Waals surface area (Å²) in [4.78, 5) is 0. The highest BCUT2D eigenvalue weighted by molar-refractivity contribution is 6.60. The van der Waals surface area contributed by atoms with Crippen LogP contribution in [0.15, 0.2) is 12.1 Å². The summed E-state index contributed by atoms with van der Waals surface area (Å²) >= 11 is 0. The van der Waals surface area contributed by atoms with Crippen LogP contribution in [0.25, 0.3) is 0 Å². The molecule has 19 heavy (non-hydrogen) atoms. The normalized spacial score (nSPS) is 12.7. The van der Waals surface area contributed by atoms with Crippen LogP contribution in [0.3, 0.4) is 0 Å². The lowest BCUT2D eigenvalue weighted by molar-refractivity contribution is -0.0982. The lowest BCUT2D eigenvalue weighted by Crippen LogP contribution is -2.53. The highest BCUT2D eigenvalue weighted by Gasteiger charge is 2.39. The highest BCUT2D eigenvalue weighted by Crippen LogP contribution is 2.25. The zero-order valence-corrected chi connectivity index (χ0v) is 11.2. The molecule has 0 radical (unpaired) electrons. The summed E-state index contributed by atoms with van der Waals surface area (Å²) in [5.41, 5.74) is -2.76. The Labute approximate surface area is 110 Å². The Morgan fingerprint density at radius 1 is 1.05 bits per heavy atom. The maximum absolute atomic E-state index is 13.0. The fourth-order valence-corrected chi connectivity index (χ4v) is 1.21. The van der Waals surface area contributed by atoms with Crippen LogP contribution < -0.4 is 5.46 Å². The third kappa shape index (κ3) is 3.49. The average Bonchev–Trinajstić information content (AvgIpc) is 2.22. The van der Waals surface area contributed by atoms with Gasteiger partial charge in [-0.1, -0.05) is 0 Å². The molecule has 0 unspecified atom stereocenters. The van der Waals surface area contributed by atoms with Crippen molar-refractivity contribution >= 4 is 12.6 Å². The third-order valence-electron chi connectivity index (χ3n) is 3.17. The molecule has 0 aliphatic carbocycles. The van der Waals surface area contributed by atoms with E-state index in [0.717, 1.165) is 0 Å². The van der Waals surface area contributed by atoms with E-state index in [2.05, 4.69) is 0 Å². The highest BCUT2D eigenvalue weighted by atomic mass is 19.2. The molecule has 0 atom stereocenters. The Morgan fingerprint density at radius 2 is 1.47 bits per heavy atom. The SMILES string of the molecule is CC(C)(O)C(C)(C)OB(O)c1cc(F)c(F)c(F)c1. The van der Waals surface area contributed by atoms with E-state index in [-0.39, 0.29) is 5.46 Å². The van der Waals surface area contributed by atoms with Crippen LogP contribution in [-0.4, -0.2) is 28.5 Å². The van der Waals surface area contributed by atoms with Crippen LogP contribution in [-0.2, 0) is 4.65 Å². The molecule has 0 spiro atoms. The van der Waals surface area contributed by atoms with Gasteiger partial charge in [-0.3, -0.25) is 0 Å². The van der Waals surface area contributed by atoms with E-state index in [0.29, 0.717) is 12.1 Å². The van der Waals surface area contributed by atoms with Gasteiger partial charge in [0.2, 0.25) is 0 Å². The van der Waals surface area contributed by atoms with Gasteiger partial charge in [-0.15, -0.1) is 0 Å². The summed E-state index contributed by atoms with van der Waals surface area (Å²) in [5, 5.41) is 19.6. The third-order valence-corrected chi connectivity index (χ3v) is 3.17. The molecule has 0 heterocycles. The zero-order chi connectivity index (χ0) is 15.0. The molecule has 106 valence electrons. The Hall–Kier alpha value is -1.05. The van der Waals surface area contributed by atoms with Crippen LogP contribution in [0.4, 0.5) is 13.2 Å². The predicted molar refractivity (Wildman–Crippen MR) is 65.4 cm³/mol. The molecular weight excluding hydrogens is 260 g/mol. The topological polar surface area (TPSA) is 49.7 Å². The molecule has 0 aliphatic rings. The molecule has 0 saturated heterocycles. The van der Waals surface area contributed by atoms with E-state index in [4.69, 9.17) is 4.65 Å². The van der Waals surface area contributed by atoms with E-state index in [1.165, 1.54) is 27.7 Å². The number of aliphatic hydroxyl groups is 1. The fourth-order valence-electron chi connectivity index (χ4n) is 1.21. The van der Waals surface area contributed by atoms with Crippen LogP contribution in [0.1, 0.15) is 27.7 Å². The summed E-state index contributed by atoms with van der Waals surface area (Å²) in [6.45, 7) is 5.94. The zero-order valence-electron chi connectivity index (χ0n) is 11.2. The van der Waals surface area contributed by atoms with Gasteiger partial charge in [0.05, 0.1) is 11.2 Å². The summed E-state index contributed by atoms with van der Waals surface area (Å²) in [5.74, 6) is -4.45. The van der Waals surface area contributed by atoms with Crippen molar-refractivity contribution in [2.45, 2.75) is 38.9 Å². The minimum atomic E-state index is -1.69. The van der Waals surface area contributed by atoms with Gasteiger partial charge in [-0.05, 0) is 45.3 Å². The predicted octanol–water partition coefficient (Wildman–Crippen LogP) is 1.36. The number of hydrogen-bond donors (Lipinski definition) is 2. The van der Waals surface area contributed by atoms with E-state index in [1.807, 2.05) is 0 Å². The summed E-state index contributed by atoms with van der Waals surface area (Å²) < 4.78 is 44.0. The second-order valence-corrected chi connectivity index (χ2v) is 5.34. The molecule has 0 saturated carbocycles. The van der Waals surface area contributed by atoms with Crippen LogP contribution in [0.5, 0.6) is 0 Å². The van der Waals surface area contributed by atoms with Crippen molar-refractivity contribution in [3.8, 4) is 0 Å². The molecule has 0 amide bonds. The summed E-state index contributed by atoms with van der Waals surface area (Å²) in [6.07, 6.45) is 0. The average molecular weight is 276 g/mol. The molecule has 0 aromatic heterocycles. The molecular formula is C12H16BF3O3. The van der Waals surface area contributed by atoms with E-state index in [1.54, 1.807) is 0 Å². The van der Waals surface area contributed by atoms with Crippen molar-refractivity contribution in [2.24, 2.45) is 0 Å².